The first-order chi connectivity index (χ1) is 6.83. The zero-order valence-corrected chi connectivity index (χ0v) is 9.57. The summed E-state index contributed by atoms with van der Waals surface area (Å²) in [5, 5.41) is 0. The van der Waals surface area contributed by atoms with Gasteiger partial charge in [0.1, 0.15) is 0 Å². The van der Waals surface area contributed by atoms with Crippen molar-refractivity contribution in [2.24, 2.45) is 5.73 Å². The van der Waals surface area contributed by atoms with Crippen LogP contribution in [0.25, 0.3) is 0 Å². The van der Waals surface area contributed by atoms with Crippen LogP contribution in [0.1, 0.15) is 12.8 Å². The van der Waals surface area contributed by atoms with Crippen molar-refractivity contribution in [3.05, 3.63) is 22.9 Å². The van der Waals surface area contributed by atoms with Crippen LogP contribution in [-0.2, 0) is 0 Å². The quantitative estimate of drug-likeness (QED) is 0.892. The average molecular weight is 256 g/mol. The molecule has 0 bridgehead atoms. The molecular formula is C10H14BrN3. The molecule has 14 heavy (non-hydrogen) atoms. The molecule has 0 unspecified atom stereocenters. The standard InChI is InChI=1S/C10H14BrN3/c11-9-7-13-5-3-10(9)14(6-4-12)8-1-2-8/h3,5,7-8H,1-2,4,6,12H2. The first-order valence-electron chi connectivity index (χ1n) is 4.89. The molecule has 4 heteroatoms. The first-order valence-corrected chi connectivity index (χ1v) is 5.68. The van der Waals surface area contributed by atoms with Gasteiger partial charge in [0.2, 0.25) is 0 Å². The first kappa shape index (κ1) is 9.93. The van der Waals surface area contributed by atoms with Crippen molar-refractivity contribution < 1.29 is 0 Å². The van der Waals surface area contributed by atoms with Gasteiger partial charge in [-0.1, -0.05) is 0 Å². The molecule has 0 saturated heterocycles. The van der Waals surface area contributed by atoms with Crippen molar-refractivity contribution in [3.8, 4) is 0 Å². The molecule has 0 atom stereocenters. The van der Waals surface area contributed by atoms with Crippen molar-refractivity contribution in [2.75, 3.05) is 18.0 Å². The third-order valence-corrected chi connectivity index (χ3v) is 3.03. The molecule has 2 N–H and O–H groups in total. The fraction of sp³-hybridized carbons (Fsp3) is 0.500. The fourth-order valence-electron chi connectivity index (χ4n) is 1.63. The molecule has 1 aromatic heterocycles. The van der Waals surface area contributed by atoms with Crippen LogP contribution in [0, 0.1) is 0 Å². The Hall–Kier alpha value is -0.610. The van der Waals surface area contributed by atoms with Gasteiger partial charge in [0, 0.05) is 31.5 Å². The summed E-state index contributed by atoms with van der Waals surface area (Å²) in [4.78, 5) is 6.43. The second-order valence-corrected chi connectivity index (χ2v) is 4.39. The molecule has 1 aromatic rings. The van der Waals surface area contributed by atoms with Gasteiger partial charge in [-0.3, -0.25) is 4.98 Å². The highest BCUT2D eigenvalue weighted by Crippen LogP contribution is 2.34. The van der Waals surface area contributed by atoms with E-state index in [4.69, 9.17) is 5.73 Å². The van der Waals surface area contributed by atoms with Crippen molar-refractivity contribution in [3.63, 3.8) is 0 Å². The monoisotopic (exact) mass is 255 g/mol. The molecular weight excluding hydrogens is 242 g/mol. The summed E-state index contributed by atoms with van der Waals surface area (Å²) < 4.78 is 1.06. The van der Waals surface area contributed by atoms with Gasteiger partial charge < -0.3 is 10.6 Å². The van der Waals surface area contributed by atoms with E-state index < -0.39 is 0 Å². The highest BCUT2D eigenvalue weighted by Gasteiger charge is 2.29. The minimum Gasteiger partial charge on any atom is -0.366 e. The fourth-order valence-corrected chi connectivity index (χ4v) is 2.10. The normalized spacial score (nSPS) is 15.6. The average Bonchev–Trinajstić information content (AvgIpc) is 2.99. The van der Waals surface area contributed by atoms with E-state index in [1.165, 1.54) is 18.5 Å². The van der Waals surface area contributed by atoms with E-state index in [1.807, 2.05) is 18.5 Å². The predicted molar refractivity (Wildman–Crippen MR) is 61.4 cm³/mol. The topological polar surface area (TPSA) is 42.1 Å². The van der Waals surface area contributed by atoms with Gasteiger partial charge in [0.15, 0.2) is 0 Å². The second kappa shape index (κ2) is 4.28. The lowest BCUT2D eigenvalue weighted by Crippen LogP contribution is -2.31. The lowest BCUT2D eigenvalue weighted by Gasteiger charge is -2.24. The van der Waals surface area contributed by atoms with E-state index >= 15 is 0 Å². The number of rotatable bonds is 4. The zero-order chi connectivity index (χ0) is 9.97. The Bertz CT molecular complexity index is 312. The van der Waals surface area contributed by atoms with Gasteiger partial charge >= 0.3 is 0 Å². The molecule has 1 aliphatic rings. The number of hydrogen-bond donors (Lipinski definition) is 1. The molecule has 0 aliphatic heterocycles. The highest BCUT2D eigenvalue weighted by atomic mass is 79.9. The van der Waals surface area contributed by atoms with E-state index in [0.717, 1.165) is 11.0 Å². The number of hydrogen-bond acceptors (Lipinski definition) is 3. The number of nitrogens with zero attached hydrogens (tertiary/aromatic N) is 2. The van der Waals surface area contributed by atoms with E-state index in [2.05, 4.69) is 25.8 Å². The highest BCUT2D eigenvalue weighted by molar-refractivity contribution is 9.10. The Kier molecular flexibility index (Phi) is 3.03. The Morgan fingerprint density at radius 1 is 1.57 bits per heavy atom. The smallest absolute Gasteiger partial charge is 0.0592 e. The minimum absolute atomic E-state index is 0.692. The van der Waals surface area contributed by atoms with E-state index in [-0.39, 0.29) is 0 Å². The maximum absolute atomic E-state index is 5.61. The van der Waals surface area contributed by atoms with Crippen LogP contribution in [0.15, 0.2) is 22.9 Å². The molecule has 1 aliphatic carbocycles. The molecule has 0 spiro atoms. The van der Waals surface area contributed by atoms with Gasteiger partial charge in [0.25, 0.3) is 0 Å². The summed E-state index contributed by atoms with van der Waals surface area (Å²) in [7, 11) is 0. The third kappa shape index (κ3) is 2.07. The van der Waals surface area contributed by atoms with Crippen molar-refractivity contribution in [2.45, 2.75) is 18.9 Å². The number of nitrogens with two attached hydrogens (primary N) is 1. The molecule has 3 nitrogen and oxygen atoms in total. The molecule has 1 fully saturated rings. The van der Waals surface area contributed by atoms with Crippen LogP contribution in [0.4, 0.5) is 5.69 Å². The van der Waals surface area contributed by atoms with E-state index in [9.17, 15) is 0 Å². The van der Waals surface area contributed by atoms with Gasteiger partial charge in [-0.25, -0.2) is 0 Å². The molecule has 1 heterocycles. The second-order valence-electron chi connectivity index (χ2n) is 3.54. The van der Waals surface area contributed by atoms with Gasteiger partial charge in [0.05, 0.1) is 10.2 Å². The van der Waals surface area contributed by atoms with Crippen molar-refractivity contribution in [1.29, 1.82) is 0 Å². The van der Waals surface area contributed by atoms with E-state index in [0.29, 0.717) is 12.6 Å². The summed E-state index contributed by atoms with van der Waals surface area (Å²) >= 11 is 3.52. The van der Waals surface area contributed by atoms with Gasteiger partial charge in [-0.05, 0) is 34.8 Å². The summed E-state index contributed by atoms with van der Waals surface area (Å²) in [5.41, 5.74) is 6.83. The zero-order valence-electron chi connectivity index (χ0n) is 7.99. The maximum atomic E-state index is 5.61. The Labute approximate surface area is 92.4 Å². The predicted octanol–water partition coefficient (Wildman–Crippen LogP) is 1.77. The van der Waals surface area contributed by atoms with Crippen LogP contribution in [0.5, 0.6) is 0 Å². The van der Waals surface area contributed by atoms with Crippen LogP contribution in [-0.4, -0.2) is 24.1 Å². The summed E-state index contributed by atoms with van der Waals surface area (Å²) in [6, 6.07) is 2.73. The number of aromatic nitrogens is 1. The third-order valence-electron chi connectivity index (χ3n) is 2.42. The molecule has 0 amide bonds. The lowest BCUT2D eigenvalue weighted by molar-refractivity contribution is 0.782. The largest absolute Gasteiger partial charge is 0.366 e. The number of pyridine rings is 1. The SMILES string of the molecule is NCCN(c1ccncc1Br)C1CC1. The van der Waals surface area contributed by atoms with Crippen LogP contribution < -0.4 is 10.6 Å². The minimum atomic E-state index is 0.692. The van der Waals surface area contributed by atoms with Gasteiger partial charge in [-0.15, -0.1) is 0 Å². The van der Waals surface area contributed by atoms with Crippen LogP contribution >= 0.6 is 15.9 Å². The Balaban J connectivity index is 2.21. The lowest BCUT2D eigenvalue weighted by atomic mass is 10.3. The Morgan fingerprint density at radius 2 is 2.36 bits per heavy atom. The van der Waals surface area contributed by atoms with Gasteiger partial charge in [-0.2, -0.15) is 0 Å². The number of anilines is 1. The van der Waals surface area contributed by atoms with Crippen molar-refractivity contribution in [1.82, 2.24) is 4.98 Å². The molecule has 0 radical (unpaired) electrons. The summed E-state index contributed by atoms with van der Waals surface area (Å²) in [5.74, 6) is 0. The van der Waals surface area contributed by atoms with E-state index in [1.54, 1.807) is 0 Å². The van der Waals surface area contributed by atoms with Crippen LogP contribution in [0.2, 0.25) is 0 Å². The molecule has 76 valence electrons. The summed E-state index contributed by atoms with van der Waals surface area (Å²) in [6.45, 7) is 1.62. The Morgan fingerprint density at radius 3 is 2.93 bits per heavy atom. The maximum Gasteiger partial charge on any atom is 0.0592 e. The number of halogens is 1. The van der Waals surface area contributed by atoms with Crippen LogP contribution in [0.3, 0.4) is 0 Å². The molecule has 0 aromatic carbocycles. The molecule has 1 saturated carbocycles. The molecule has 2 rings (SSSR count). The summed E-state index contributed by atoms with van der Waals surface area (Å²) in [6.07, 6.45) is 6.23. The van der Waals surface area contributed by atoms with Crippen molar-refractivity contribution >= 4 is 21.6 Å².